The molecule has 0 amide bonds. The van der Waals surface area contributed by atoms with E-state index in [-0.39, 0.29) is 39.6 Å². The SMILES string of the molecule is C[C@H]1C(=O)CC[C@@H]2[C@]1(C)CC[C@H]1[C@@]2(C)CC[C@@]2(C)[C@@H]3C[C@](C)(CO)CC[C@]3(CO)CC[C@]12C. The van der Waals surface area contributed by atoms with E-state index >= 15 is 0 Å². The first kappa shape index (κ1) is 24.3. The number of aliphatic hydroxyl groups is 2. The Balaban J connectivity index is 1.55. The Morgan fingerprint density at radius 1 is 0.727 bits per heavy atom. The Hall–Kier alpha value is -0.410. The van der Waals surface area contributed by atoms with Crippen LogP contribution in [0.1, 0.15) is 112 Å². The standard InChI is InChI=1S/C30H50O3/c1-20-21(33)7-8-22-26(20,3)10-9-23-27(22,4)12-13-29(6)24-17-25(2,18-31)11-15-30(24,19-32)16-14-28(23,29)5/h20,22-24,31-32H,7-19H2,1-6H3/t20-,22+,23-,24-,25+,26+,27-,28+,29-,30+/m0/s1. The van der Waals surface area contributed by atoms with Gasteiger partial charge in [-0.15, -0.1) is 0 Å². The van der Waals surface area contributed by atoms with E-state index in [4.69, 9.17) is 0 Å². The van der Waals surface area contributed by atoms with E-state index in [1.165, 1.54) is 32.1 Å². The van der Waals surface area contributed by atoms with Gasteiger partial charge < -0.3 is 10.2 Å². The molecule has 188 valence electrons. The van der Waals surface area contributed by atoms with Crippen LogP contribution < -0.4 is 0 Å². The van der Waals surface area contributed by atoms with Crippen LogP contribution in [0.25, 0.3) is 0 Å². The lowest BCUT2D eigenvalue weighted by atomic mass is 9.30. The number of carbonyl (C=O) groups is 1. The lowest BCUT2D eigenvalue weighted by Crippen LogP contribution is -2.68. The zero-order chi connectivity index (χ0) is 24.1. The summed E-state index contributed by atoms with van der Waals surface area (Å²) in [6.07, 6.45) is 12.4. The largest absolute Gasteiger partial charge is 0.396 e. The zero-order valence-corrected chi connectivity index (χ0v) is 22.3. The summed E-state index contributed by atoms with van der Waals surface area (Å²) in [5, 5.41) is 21.0. The second kappa shape index (κ2) is 7.31. The van der Waals surface area contributed by atoms with Crippen LogP contribution in [-0.4, -0.2) is 29.2 Å². The van der Waals surface area contributed by atoms with E-state index in [0.29, 0.717) is 35.6 Å². The van der Waals surface area contributed by atoms with E-state index in [1.807, 2.05) is 0 Å². The summed E-state index contributed by atoms with van der Waals surface area (Å²) < 4.78 is 0. The number of fused-ring (bicyclic) bond motifs is 7. The van der Waals surface area contributed by atoms with Crippen LogP contribution in [0.15, 0.2) is 0 Å². The predicted octanol–water partition coefficient (Wildman–Crippen LogP) is 6.40. The molecule has 33 heavy (non-hydrogen) atoms. The van der Waals surface area contributed by atoms with E-state index < -0.39 is 0 Å². The van der Waals surface area contributed by atoms with Gasteiger partial charge in [0.25, 0.3) is 0 Å². The summed E-state index contributed by atoms with van der Waals surface area (Å²) in [6.45, 7) is 15.4. The van der Waals surface area contributed by atoms with Crippen molar-refractivity contribution in [1.29, 1.82) is 0 Å². The Morgan fingerprint density at radius 2 is 1.36 bits per heavy atom. The summed E-state index contributed by atoms with van der Waals surface area (Å²) in [7, 11) is 0. The van der Waals surface area contributed by atoms with Crippen LogP contribution in [-0.2, 0) is 4.79 Å². The number of hydrogen-bond donors (Lipinski definition) is 2. The molecule has 0 aromatic carbocycles. The van der Waals surface area contributed by atoms with Crippen molar-refractivity contribution in [3.63, 3.8) is 0 Å². The van der Waals surface area contributed by atoms with Crippen LogP contribution in [0, 0.1) is 56.2 Å². The van der Waals surface area contributed by atoms with Crippen molar-refractivity contribution in [2.24, 2.45) is 56.2 Å². The fourth-order valence-corrected chi connectivity index (χ4v) is 11.3. The Kier molecular flexibility index (Phi) is 5.38. The quantitative estimate of drug-likeness (QED) is 0.503. The molecular formula is C30H50O3. The highest BCUT2D eigenvalue weighted by atomic mass is 16.3. The van der Waals surface area contributed by atoms with Crippen LogP contribution in [0.3, 0.4) is 0 Å². The molecule has 5 rings (SSSR count). The molecule has 3 nitrogen and oxygen atoms in total. The van der Waals surface area contributed by atoms with Gasteiger partial charge >= 0.3 is 0 Å². The maximum absolute atomic E-state index is 12.7. The minimum atomic E-state index is -0.00432. The minimum Gasteiger partial charge on any atom is -0.396 e. The molecule has 3 heteroatoms. The fraction of sp³-hybridized carbons (Fsp3) is 0.967. The number of carbonyl (C=O) groups excluding carboxylic acids is 1. The second-order valence-corrected chi connectivity index (χ2v) is 15.0. The molecule has 0 heterocycles. The van der Waals surface area contributed by atoms with Crippen LogP contribution in [0.5, 0.6) is 0 Å². The normalized spacial score (nSPS) is 58.6. The highest BCUT2D eigenvalue weighted by Crippen LogP contribution is 2.78. The van der Waals surface area contributed by atoms with Gasteiger partial charge in [-0.3, -0.25) is 4.79 Å². The number of Topliss-reactive ketones (excluding diaryl/α,β-unsaturated/α-hetero) is 1. The molecule has 0 saturated heterocycles. The number of aliphatic hydroxyl groups excluding tert-OH is 2. The van der Waals surface area contributed by atoms with E-state index in [9.17, 15) is 15.0 Å². The molecule has 0 unspecified atom stereocenters. The van der Waals surface area contributed by atoms with Crippen molar-refractivity contribution in [2.45, 2.75) is 112 Å². The predicted molar refractivity (Wildman–Crippen MR) is 133 cm³/mol. The second-order valence-electron chi connectivity index (χ2n) is 15.0. The van der Waals surface area contributed by atoms with Gasteiger partial charge in [0.15, 0.2) is 0 Å². The highest BCUT2D eigenvalue weighted by Gasteiger charge is 2.71. The summed E-state index contributed by atoms with van der Waals surface area (Å²) in [5.74, 6) is 2.53. The van der Waals surface area contributed by atoms with Gasteiger partial charge in [-0.25, -0.2) is 0 Å². The summed E-state index contributed by atoms with van der Waals surface area (Å²) in [6, 6.07) is 0. The van der Waals surface area contributed by atoms with Gasteiger partial charge in [-0.1, -0.05) is 41.5 Å². The van der Waals surface area contributed by atoms with Crippen molar-refractivity contribution < 1.29 is 15.0 Å². The van der Waals surface area contributed by atoms with Crippen molar-refractivity contribution in [1.82, 2.24) is 0 Å². The number of hydrogen-bond acceptors (Lipinski definition) is 3. The lowest BCUT2D eigenvalue weighted by Gasteiger charge is -2.75. The van der Waals surface area contributed by atoms with E-state index in [2.05, 4.69) is 41.5 Å². The molecule has 0 aliphatic heterocycles. The van der Waals surface area contributed by atoms with Crippen LogP contribution in [0.2, 0.25) is 0 Å². The third-order valence-electron chi connectivity index (χ3n) is 14.0. The lowest BCUT2D eigenvalue weighted by molar-refractivity contribution is -0.264. The molecule has 5 fully saturated rings. The highest BCUT2D eigenvalue weighted by molar-refractivity contribution is 5.82. The Labute approximate surface area is 202 Å². The first-order chi connectivity index (χ1) is 15.3. The monoisotopic (exact) mass is 458 g/mol. The van der Waals surface area contributed by atoms with Crippen molar-refractivity contribution >= 4 is 5.78 Å². The summed E-state index contributed by atoms with van der Waals surface area (Å²) in [5.41, 5.74) is 0.988. The average molecular weight is 459 g/mol. The van der Waals surface area contributed by atoms with E-state index in [1.54, 1.807) is 0 Å². The molecule has 0 aromatic heterocycles. The number of ketones is 1. The third-order valence-corrected chi connectivity index (χ3v) is 14.0. The molecule has 2 N–H and O–H groups in total. The van der Waals surface area contributed by atoms with Gasteiger partial charge in [0.2, 0.25) is 0 Å². The number of rotatable bonds is 2. The summed E-state index contributed by atoms with van der Waals surface area (Å²) in [4.78, 5) is 12.7. The van der Waals surface area contributed by atoms with Gasteiger partial charge in [0.05, 0.1) is 0 Å². The maximum atomic E-state index is 12.7. The Morgan fingerprint density at radius 3 is 2.03 bits per heavy atom. The zero-order valence-electron chi connectivity index (χ0n) is 22.3. The summed E-state index contributed by atoms with van der Waals surface area (Å²) >= 11 is 0. The van der Waals surface area contributed by atoms with E-state index in [0.717, 1.165) is 38.5 Å². The van der Waals surface area contributed by atoms with Gasteiger partial charge in [-0.2, -0.15) is 0 Å². The van der Waals surface area contributed by atoms with Crippen molar-refractivity contribution in [3.05, 3.63) is 0 Å². The molecule has 5 aliphatic carbocycles. The maximum Gasteiger partial charge on any atom is 0.136 e. The molecule has 5 saturated carbocycles. The van der Waals surface area contributed by atoms with Gasteiger partial charge in [0, 0.05) is 25.6 Å². The first-order valence-electron chi connectivity index (χ1n) is 14.1. The van der Waals surface area contributed by atoms with Crippen LogP contribution in [0.4, 0.5) is 0 Å². The van der Waals surface area contributed by atoms with Crippen molar-refractivity contribution in [2.75, 3.05) is 13.2 Å². The third kappa shape index (κ3) is 2.90. The van der Waals surface area contributed by atoms with Crippen LogP contribution >= 0.6 is 0 Å². The molecule has 10 atom stereocenters. The first-order valence-corrected chi connectivity index (χ1v) is 14.1. The molecule has 0 spiro atoms. The molecular weight excluding hydrogens is 408 g/mol. The van der Waals surface area contributed by atoms with Gasteiger partial charge in [0.1, 0.15) is 5.78 Å². The average Bonchev–Trinajstić information content (AvgIpc) is 2.79. The molecule has 0 bridgehead atoms. The topological polar surface area (TPSA) is 57.5 Å². The minimum absolute atomic E-state index is 0.00432. The molecule has 0 aromatic rings. The molecule has 0 radical (unpaired) electrons. The smallest absolute Gasteiger partial charge is 0.136 e. The molecule has 5 aliphatic rings. The van der Waals surface area contributed by atoms with Gasteiger partial charge in [-0.05, 0) is 114 Å². The van der Waals surface area contributed by atoms with Crippen molar-refractivity contribution in [3.8, 4) is 0 Å². The fourth-order valence-electron chi connectivity index (χ4n) is 11.3. The Bertz CT molecular complexity index is 823.